The maximum atomic E-state index is 3.86. The summed E-state index contributed by atoms with van der Waals surface area (Å²) in [6.45, 7) is 16.0. The van der Waals surface area contributed by atoms with Crippen LogP contribution in [0.1, 0.15) is 76.8 Å². The molecule has 0 saturated carbocycles. The molecule has 1 rings (SSSR count). The molecule has 1 aromatic carbocycles. The zero-order chi connectivity index (χ0) is 17.0. The molecule has 1 nitrogen and oxygen atoms in total. The van der Waals surface area contributed by atoms with Gasteiger partial charge in [0.05, 0.1) is 19.6 Å². The maximum absolute atomic E-state index is 3.86. The van der Waals surface area contributed by atoms with E-state index < -0.39 is 0 Å². The topological polar surface area (TPSA) is 0 Å². The number of nitrogens with zero attached hydrogens (tertiary/aromatic N) is 1. The highest BCUT2D eigenvalue weighted by atomic mass is 15.3. The molecule has 0 aliphatic heterocycles. The van der Waals surface area contributed by atoms with Crippen LogP contribution in [0.25, 0.3) is 6.08 Å². The quantitative estimate of drug-likeness (QED) is 0.290. The van der Waals surface area contributed by atoms with Gasteiger partial charge in [-0.3, -0.25) is 0 Å². The van der Waals surface area contributed by atoms with E-state index in [1.54, 1.807) is 0 Å². The third kappa shape index (κ3) is 7.35. The van der Waals surface area contributed by atoms with Gasteiger partial charge in [0, 0.05) is 5.56 Å². The summed E-state index contributed by atoms with van der Waals surface area (Å²) >= 11 is 0. The Morgan fingerprint density at radius 3 is 1.78 bits per heavy atom. The van der Waals surface area contributed by atoms with Crippen molar-refractivity contribution in [2.45, 2.75) is 72.3 Å². The summed E-state index contributed by atoms with van der Waals surface area (Å²) in [5.41, 5.74) is 2.71. The smallest absolute Gasteiger partial charge is 0.104 e. The zero-order valence-electron chi connectivity index (χ0n) is 15.8. The molecule has 1 heteroatoms. The number of hydrogen-bond donors (Lipinski definition) is 0. The van der Waals surface area contributed by atoms with Crippen molar-refractivity contribution < 1.29 is 4.48 Å². The van der Waals surface area contributed by atoms with E-state index in [1.807, 2.05) is 6.08 Å². The van der Waals surface area contributed by atoms with Crippen LogP contribution in [0.3, 0.4) is 0 Å². The van der Waals surface area contributed by atoms with Crippen LogP contribution in [-0.2, 0) is 6.54 Å². The Kier molecular flexibility index (Phi) is 9.94. The third-order valence-corrected chi connectivity index (χ3v) is 4.94. The predicted octanol–water partition coefficient (Wildman–Crippen LogP) is 6.44. The second-order valence-electron chi connectivity index (χ2n) is 7.03. The van der Waals surface area contributed by atoms with Crippen molar-refractivity contribution in [3.63, 3.8) is 0 Å². The SMILES string of the molecule is C=Cc1ccc(C[N+](CCCC)(CCCC)CCCCC)cc1. The van der Waals surface area contributed by atoms with Crippen LogP contribution in [0.5, 0.6) is 0 Å². The number of hydrogen-bond acceptors (Lipinski definition) is 0. The van der Waals surface area contributed by atoms with Crippen LogP contribution in [0.2, 0.25) is 0 Å². The lowest BCUT2D eigenvalue weighted by Gasteiger charge is -2.39. The predicted molar refractivity (Wildman–Crippen MR) is 104 cm³/mol. The Morgan fingerprint density at radius 1 is 0.783 bits per heavy atom. The van der Waals surface area contributed by atoms with Crippen LogP contribution in [0.15, 0.2) is 30.8 Å². The Morgan fingerprint density at radius 2 is 1.30 bits per heavy atom. The van der Waals surface area contributed by atoms with E-state index in [4.69, 9.17) is 0 Å². The van der Waals surface area contributed by atoms with E-state index >= 15 is 0 Å². The van der Waals surface area contributed by atoms with Gasteiger partial charge in [0.2, 0.25) is 0 Å². The summed E-state index contributed by atoms with van der Waals surface area (Å²) in [5, 5.41) is 0. The first-order chi connectivity index (χ1) is 11.2. The van der Waals surface area contributed by atoms with Crippen LogP contribution in [-0.4, -0.2) is 24.1 Å². The monoisotopic (exact) mass is 316 g/mol. The van der Waals surface area contributed by atoms with Gasteiger partial charge in [-0.25, -0.2) is 0 Å². The lowest BCUT2D eigenvalue weighted by Crippen LogP contribution is -2.49. The first kappa shape index (κ1) is 20.0. The van der Waals surface area contributed by atoms with Crippen LogP contribution < -0.4 is 0 Å². The minimum atomic E-state index is 1.20. The Hall–Kier alpha value is -1.08. The van der Waals surface area contributed by atoms with Crippen molar-refractivity contribution in [2.75, 3.05) is 19.6 Å². The molecule has 0 fully saturated rings. The zero-order valence-corrected chi connectivity index (χ0v) is 15.8. The molecule has 0 amide bonds. The molecule has 0 atom stereocenters. The minimum absolute atomic E-state index is 1.20. The molecule has 0 aliphatic rings. The molecule has 0 spiro atoms. The number of rotatable bonds is 13. The minimum Gasteiger partial charge on any atom is -0.320 e. The summed E-state index contributed by atoms with van der Waals surface area (Å²) in [6, 6.07) is 9.04. The van der Waals surface area contributed by atoms with Gasteiger partial charge in [-0.1, -0.05) is 77.0 Å². The van der Waals surface area contributed by atoms with Crippen LogP contribution >= 0.6 is 0 Å². The molecule has 0 heterocycles. The average molecular weight is 317 g/mol. The fourth-order valence-electron chi connectivity index (χ4n) is 3.40. The van der Waals surface area contributed by atoms with Crippen molar-refractivity contribution >= 4 is 6.08 Å². The van der Waals surface area contributed by atoms with Gasteiger partial charge >= 0.3 is 0 Å². The molecular weight excluding hydrogens is 278 g/mol. The maximum Gasteiger partial charge on any atom is 0.104 e. The lowest BCUT2D eigenvalue weighted by molar-refractivity contribution is -0.941. The van der Waals surface area contributed by atoms with Gasteiger partial charge < -0.3 is 4.48 Å². The first-order valence-electron chi connectivity index (χ1n) is 9.76. The molecular formula is C22H38N+. The van der Waals surface area contributed by atoms with Crippen molar-refractivity contribution in [3.05, 3.63) is 42.0 Å². The van der Waals surface area contributed by atoms with E-state index in [9.17, 15) is 0 Å². The Bertz CT molecular complexity index is 410. The molecule has 0 aromatic heterocycles. The summed E-state index contributed by atoms with van der Waals surface area (Å²) in [7, 11) is 0. The van der Waals surface area contributed by atoms with Crippen molar-refractivity contribution in [2.24, 2.45) is 0 Å². The van der Waals surface area contributed by atoms with E-state index in [-0.39, 0.29) is 0 Å². The average Bonchev–Trinajstić information content (AvgIpc) is 2.59. The number of benzene rings is 1. The highest BCUT2D eigenvalue weighted by Gasteiger charge is 2.26. The molecule has 0 aliphatic carbocycles. The lowest BCUT2D eigenvalue weighted by atomic mass is 10.1. The van der Waals surface area contributed by atoms with E-state index in [1.165, 1.54) is 86.7 Å². The first-order valence-corrected chi connectivity index (χ1v) is 9.76. The second kappa shape index (κ2) is 11.5. The normalized spacial score (nSPS) is 11.6. The number of unbranched alkanes of at least 4 members (excludes halogenated alkanes) is 4. The van der Waals surface area contributed by atoms with Crippen LogP contribution in [0.4, 0.5) is 0 Å². The molecule has 0 saturated heterocycles. The van der Waals surface area contributed by atoms with Gasteiger partial charge in [-0.15, -0.1) is 0 Å². The largest absolute Gasteiger partial charge is 0.320 e. The summed E-state index contributed by atoms with van der Waals surface area (Å²) in [5.74, 6) is 0. The molecule has 0 unspecified atom stereocenters. The van der Waals surface area contributed by atoms with Gasteiger partial charge in [0.1, 0.15) is 6.54 Å². The van der Waals surface area contributed by atoms with E-state index in [0.717, 1.165) is 0 Å². The van der Waals surface area contributed by atoms with E-state index in [0.29, 0.717) is 0 Å². The highest BCUT2D eigenvalue weighted by molar-refractivity contribution is 5.47. The van der Waals surface area contributed by atoms with Gasteiger partial charge in [-0.2, -0.15) is 0 Å². The Labute approximate surface area is 145 Å². The summed E-state index contributed by atoms with van der Waals surface area (Å²) < 4.78 is 1.29. The Balaban J connectivity index is 2.88. The summed E-state index contributed by atoms with van der Waals surface area (Å²) in [4.78, 5) is 0. The molecule has 1 aromatic rings. The molecule has 0 bridgehead atoms. The highest BCUT2D eigenvalue weighted by Crippen LogP contribution is 2.21. The fourth-order valence-corrected chi connectivity index (χ4v) is 3.40. The number of quaternary nitrogens is 1. The molecule has 0 N–H and O–H groups in total. The van der Waals surface area contributed by atoms with Gasteiger partial charge in [0.25, 0.3) is 0 Å². The van der Waals surface area contributed by atoms with Crippen molar-refractivity contribution in [3.8, 4) is 0 Å². The third-order valence-electron chi connectivity index (χ3n) is 4.94. The van der Waals surface area contributed by atoms with Crippen LogP contribution in [0, 0.1) is 0 Å². The standard InChI is InChI=1S/C22H38N/c1-5-9-12-19-23(17-10-6-2,18-11-7-3)20-22-15-13-21(8-4)14-16-22/h8,13-16H,4-7,9-12,17-20H2,1-3H3/q+1. The molecule has 130 valence electrons. The van der Waals surface area contributed by atoms with Gasteiger partial charge in [-0.05, 0) is 31.2 Å². The second-order valence-corrected chi connectivity index (χ2v) is 7.03. The molecule has 23 heavy (non-hydrogen) atoms. The summed E-state index contributed by atoms with van der Waals surface area (Å²) in [6.07, 6.45) is 11.3. The fraction of sp³-hybridized carbons (Fsp3) is 0.636. The van der Waals surface area contributed by atoms with E-state index in [2.05, 4.69) is 51.6 Å². The van der Waals surface area contributed by atoms with Crippen molar-refractivity contribution in [1.29, 1.82) is 0 Å². The molecule has 0 radical (unpaired) electrons. The van der Waals surface area contributed by atoms with Gasteiger partial charge in [0.15, 0.2) is 0 Å². The van der Waals surface area contributed by atoms with Crippen molar-refractivity contribution in [1.82, 2.24) is 0 Å².